The van der Waals surface area contributed by atoms with Gasteiger partial charge in [-0.1, -0.05) is 19.8 Å². The van der Waals surface area contributed by atoms with E-state index in [1.807, 2.05) is 13.8 Å². The summed E-state index contributed by atoms with van der Waals surface area (Å²) >= 11 is 0. The fraction of sp³-hybridized carbons (Fsp3) is 0.867. The van der Waals surface area contributed by atoms with Crippen molar-refractivity contribution in [3.8, 4) is 12.3 Å². The second kappa shape index (κ2) is 7.86. The van der Waals surface area contributed by atoms with Gasteiger partial charge in [0.05, 0.1) is 12.7 Å². The molecule has 4 heteroatoms. The quantitative estimate of drug-likeness (QED) is 0.693. The van der Waals surface area contributed by atoms with Crippen molar-refractivity contribution in [2.45, 2.75) is 38.9 Å². The van der Waals surface area contributed by atoms with Gasteiger partial charge in [0.15, 0.2) is 0 Å². The molecule has 1 aliphatic heterocycles. The average Bonchev–Trinajstić information content (AvgIpc) is 2.45. The van der Waals surface area contributed by atoms with Crippen LogP contribution in [0.5, 0.6) is 0 Å². The number of piperazine rings is 1. The molecule has 19 heavy (non-hydrogen) atoms. The Balaban J connectivity index is 2.25. The number of β-amino-alcohol motifs (C(OH)–C–C–N with tert-alkyl or cyclic N) is 1. The molecule has 2 atom stereocenters. The van der Waals surface area contributed by atoms with Gasteiger partial charge in [-0.25, -0.2) is 0 Å². The minimum absolute atomic E-state index is 0.308. The zero-order chi connectivity index (χ0) is 14.3. The van der Waals surface area contributed by atoms with Gasteiger partial charge >= 0.3 is 0 Å². The maximum absolute atomic E-state index is 10.0. The van der Waals surface area contributed by atoms with Crippen LogP contribution in [0, 0.1) is 12.3 Å². The number of rotatable bonds is 7. The lowest BCUT2D eigenvalue weighted by molar-refractivity contribution is -0.0499. The number of hydrogen-bond acceptors (Lipinski definition) is 4. The SMILES string of the molecule is C#C[C@@](C)(CC)OC[C@@H](O)CN1CCN(CC)CC1. The Morgan fingerprint density at radius 3 is 2.32 bits per heavy atom. The van der Waals surface area contributed by atoms with Gasteiger partial charge in [0.2, 0.25) is 0 Å². The van der Waals surface area contributed by atoms with Gasteiger partial charge in [-0.2, -0.15) is 0 Å². The van der Waals surface area contributed by atoms with Crippen molar-refractivity contribution in [1.29, 1.82) is 0 Å². The van der Waals surface area contributed by atoms with Gasteiger partial charge in [0, 0.05) is 32.7 Å². The Bertz CT molecular complexity index is 295. The van der Waals surface area contributed by atoms with Crippen LogP contribution in [0.2, 0.25) is 0 Å². The normalized spacial score (nSPS) is 22.7. The summed E-state index contributed by atoms with van der Waals surface area (Å²) in [7, 11) is 0. The van der Waals surface area contributed by atoms with Crippen molar-refractivity contribution in [2.24, 2.45) is 0 Å². The molecular formula is C15H28N2O2. The van der Waals surface area contributed by atoms with E-state index in [4.69, 9.17) is 11.2 Å². The highest BCUT2D eigenvalue weighted by atomic mass is 16.5. The van der Waals surface area contributed by atoms with Crippen LogP contribution in [0.4, 0.5) is 0 Å². The maximum Gasteiger partial charge on any atom is 0.125 e. The summed E-state index contributed by atoms with van der Waals surface area (Å²) in [4.78, 5) is 4.71. The second-order valence-electron chi connectivity index (χ2n) is 5.43. The highest BCUT2D eigenvalue weighted by molar-refractivity contribution is 5.05. The van der Waals surface area contributed by atoms with Crippen LogP contribution in [-0.4, -0.2) is 72.5 Å². The number of nitrogens with zero attached hydrogens (tertiary/aromatic N) is 2. The van der Waals surface area contributed by atoms with Crippen LogP contribution >= 0.6 is 0 Å². The predicted molar refractivity (Wildman–Crippen MR) is 78.0 cm³/mol. The molecule has 0 saturated carbocycles. The lowest BCUT2D eigenvalue weighted by atomic mass is 10.1. The van der Waals surface area contributed by atoms with Crippen molar-refractivity contribution in [3.05, 3.63) is 0 Å². The van der Waals surface area contributed by atoms with Crippen LogP contribution in [0.25, 0.3) is 0 Å². The highest BCUT2D eigenvalue weighted by Gasteiger charge is 2.23. The van der Waals surface area contributed by atoms with Crippen LogP contribution in [0.3, 0.4) is 0 Å². The van der Waals surface area contributed by atoms with Crippen molar-refractivity contribution >= 4 is 0 Å². The molecule has 4 nitrogen and oxygen atoms in total. The molecule has 0 aliphatic carbocycles. The minimum Gasteiger partial charge on any atom is -0.389 e. The molecule has 1 heterocycles. The van der Waals surface area contributed by atoms with E-state index in [9.17, 15) is 5.11 Å². The van der Waals surface area contributed by atoms with Crippen molar-refractivity contribution in [1.82, 2.24) is 9.80 Å². The Kier molecular flexibility index (Phi) is 6.81. The van der Waals surface area contributed by atoms with Crippen molar-refractivity contribution < 1.29 is 9.84 Å². The van der Waals surface area contributed by atoms with Crippen LogP contribution < -0.4 is 0 Å². The van der Waals surface area contributed by atoms with Gasteiger partial charge in [0.25, 0.3) is 0 Å². The van der Waals surface area contributed by atoms with Gasteiger partial charge in [-0.05, 0) is 19.9 Å². The number of ether oxygens (including phenoxy) is 1. The Labute approximate surface area is 117 Å². The number of likely N-dealkylation sites (N-methyl/N-ethyl adjacent to an activating group) is 1. The zero-order valence-corrected chi connectivity index (χ0v) is 12.6. The van der Waals surface area contributed by atoms with E-state index < -0.39 is 11.7 Å². The summed E-state index contributed by atoms with van der Waals surface area (Å²) < 4.78 is 5.65. The monoisotopic (exact) mass is 268 g/mol. The topological polar surface area (TPSA) is 35.9 Å². The Morgan fingerprint density at radius 1 is 1.26 bits per heavy atom. The first-order valence-electron chi connectivity index (χ1n) is 7.27. The first-order valence-corrected chi connectivity index (χ1v) is 7.27. The predicted octanol–water partition coefficient (Wildman–Crippen LogP) is 0.803. The third-order valence-corrected chi connectivity index (χ3v) is 3.96. The molecule has 1 aliphatic rings. The Morgan fingerprint density at radius 2 is 1.84 bits per heavy atom. The average molecular weight is 268 g/mol. The van der Waals surface area contributed by atoms with Gasteiger partial charge in [0.1, 0.15) is 5.60 Å². The van der Waals surface area contributed by atoms with Gasteiger partial charge < -0.3 is 14.7 Å². The largest absolute Gasteiger partial charge is 0.389 e. The van der Waals surface area contributed by atoms with E-state index in [-0.39, 0.29) is 0 Å². The molecule has 0 spiro atoms. The summed E-state index contributed by atoms with van der Waals surface area (Å²) in [5.74, 6) is 2.65. The standard InChI is InChI=1S/C15H28N2O2/c1-5-15(4,6-2)19-13-14(18)12-17-10-8-16(7-3)9-11-17/h1,14,18H,6-13H2,2-4H3/t14-,15-/m0/s1. The van der Waals surface area contributed by atoms with Crippen LogP contribution in [0.1, 0.15) is 27.2 Å². The third kappa shape index (κ3) is 5.50. The number of aliphatic hydroxyl groups is 1. The van der Waals surface area contributed by atoms with Crippen molar-refractivity contribution in [2.75, 3.05) is 45.9 Å². The smallest absolute Gasteiger partial charge is 0.125 e. The Hall–Kier alpha value is -0.600. The molecular weight excluding hydrogens is 240 g/mol. The van der Waals surface area contributed by atoms with Gasteiger partial charge in [-0.3, -0.25) is 4.90 Å². The summed E-state index contributed by atoms with van der Waals surface area (Å²) in [5, 5.41) is 10.0. The van der Waals surface area contributed by atoms with E-state index in [1.165, 1.54) is 0 Å². The lowest BCUT2D eigenvalue weighted by Gasteiger charge is -2.35. The van der Waals surface area contributed by atoms with Gasteiger partial charge in [-0.15, -0.1) is 6.42 Å². The van der Waals surface area contributed by atoms with E-state index in [0.29, 0.717) is 13.2 Å². The summed E-state index contributed by atoms with van der Waals surface area (Å²) in [6, 6.07) is 0. The number of aliphatic hydroxyl groups excluding tert-OH is 1. The first-order chi connectivity index (χ1) is 9.03. The molecule has 1 saturated heterocycles. The molecule has 0 radical (unpaired) electrons. The van der Waals surface area contributed by atoms with Crippen LogP contribution in [-0.2, 0) is 4.74 Å². The first kappa shape index (κ1) is 16.5. The molecule has 110 valence electrons. The molecule has 0 amide bonds. The maximum atomic E-state index is 10.0. The number of terminal acetylenes is 1. The molecule has 1 rings (SSSR count). The van der Waals surface area contributed by atoms with E-state index >= 15 is 0 Å². The van der Waals surface area contributed by atoms with E-state index in [2.05, 4.69) is 22.6 Å². The summed E-state index contributed by atoms with van der Waals surface area (Å²) in [6.07, 6.45) is 5.74. The molecule has 0 unspecified atom stereocenters. The molecule has 1 fully saturated rings. The molecule has 0 aromatic rings. The fourth-order valence-corrected chi connectivity index (χ4v) is 2.16. The molecule has 0 bridgehead atoms. The number of hydrogen-bond donors (Lipinski definition) is 1. The third-order valence-electron chi connectivity index (χ3n) is 3.96. The molecule has 0 aromatic heterocycles. The van der Waals surface area contributed by atoms with Crippen LogP contribution in [0.15, 0.2) is 0 Å². The highest BCUT2D eigenvalue weighted by Crippen LogP contribution is 2.14. The van der Waals surface area contributed by atoms with E-state index in [0.717, 1.165) is 39.1 Å². The zero-order valence-electron chi connectivity index (χ0n) is 12.6. The lowest BCUT2D eigenvalue weighted by Crippen LogP contribution is -2.49. The second-order valence-corrected chi connectivity index (χ2v) is 5.43. The molecule has 1 N–H and O–H groups in total. The molecule has 0 aromatic carbocycles. The van der Waals surface area contributed by atoms with Crippen molar-refractivity contribution in [3.63, 3.8) is 0 Å². The van der Waals surface area contributed by atoms with E-state index in [1.54, 1.807) is 0 Å². The fourth-order valence-electron chi connectivity index (χ4n) is 2.16. The summed E-state index contributed by atoms with van der Waals surface area (Å²) in [5.41, 5.74) is -0.554. The summed E-state index contributed by atoms with van der Waals surface area (Å²) in [6.45, 7) is 12.4. The minimum atomic E-state index is -0.554.